The van der Waals surface area contributed by atoms with E-state index in [-0.39, 0.29) is 21.5 Å². The third-order valence-electron chi connectivity index (χ3n) is 4.78. The number of imidazole rings is 1. The third kappa shape index (κ3) is 7.14. The predicted octanol–water partition coefficient (Wildman–Crippen LogP) is 1.09. The molecule has 0 bridgehead atoms. The normalized spacial score (nSPS) is 13.7. The minimum atomic E-state index is -4.32. The quantitative estimate of drug-likeness (QED) is 0.238. The first kappa shape index (κ1) is 26.9. The Bertz CT molecular complexity index is 1380. The van der Waals surface area contributed by atoms with E-state index in [4.69, 9.17) is 21.4 Å². The van der Waals surface area contributed by atoms with Crippen LogP contribution in [0, 0.1) is 0 Å². The van der Waals surface area contributed by atoms with Crippen molar-refractivity contribution < 1.29 is 32.6 Å². The average molecular weight is 584 g/mol. The van der Waals surface area contributed by atoms with Gasteiger partial charge in [-0.15, -0.1) is 0 Å². The van der Waals surface area contributed by atoms with E-state index in [9.17, 15) is 22.8 Å². The van der Waals surface area contributed by atoms with Crippen LogP contribution in [0.1, 0.15) is 20.3 Å². The number of aldehydes is 1. The van der Waals surface area contributed by atoms with Gasteiger partial charge in [-0.05, 0) is 0 Å². The molecule has 0 amide bonds. The first-order chi connectivity index (χ1) is 16.5. The number of nitrogens with one attached hydrogen (secondary N) is 1. The standard InChI is InChI=1S/C22H23AsClN3O7S/c1-13(10-27-12-25-18-5-4-16(24)8-19(18)27)34-20-7-15(23-14(2)29)3-6-21(20)35(32,33)26-17(11-28)9-22(30)31/h3-8,11-13,17,23,26H,9-10H2,1-2H3,(H,30,31)/t13-,17?/m1/s1. The second-order valence-electron chi connectivity index (χ2n) is 7.76. The number of carbonyl (C=O) groups is 3. The summed E-state index contributed by atoms with van der Waals surface area (Å²) >= 11 is 4.92. The summed E-state index contributed by atoms with van der Waals surface area (Å²) in [6.45, 7) is 3.52. The van der Waals surface area contributed by atoms with Crippen LogP contribution in [0.15, 0.2) is 47.6 Å². The van der Waals surface area contributed by atoms with Gasteiger partial charge in [0.15, 0.2) is 0 Å². The molecule has 0 spiro atoms. The zero-order chi connectivity index (χ0) is 25.8. The maximum atomic E-state index is 13.0. The van der Waals surface area contributed by atoms with Gasteiger partial charge in [-0.1, -0.05) is 0 Å². The number of ether oxygens (including phenoxy) is 1. The fraction of sp³-hybridized carbons (Fsp3) is 0.273. The van der Waals surface area contributed by atoms with E-state index in [2.05, 4.69) is 9.71 Å². The zero-order valence-electron chi connectivity index (χ0n) is 18.8. The first-order valence-corrected chi connectivity index (χ1v) is 14.3. The molecule has 0 aliphatic rings. The van der Waals surface area contributed by atoms with Crippen LogP contribution in [-0.4, -0.2) is 67.8 Å². The molecule has 0 saturated carbocycles. The van der Waals surface area contributed by atoms with Crippen LogP contribution in [-0.2, 0) is 31.0 Å². The van der Waals surface area contributed by atoms with Crippen molar-refractivity contribution >= 4 is 69.6 Å². The topological polar surface area (TPSA) is 145 Å². The second-order valence-corrected chi connectivity index (χ2v) is 13.1. The number of nitrogens with zero attached hydrogens (tertiary/aromatic N) is 2. The van der Waals surface area contributed by atoms with Gasteiger partial charge in [0.05, 0.1) is 0 Å². The van der Waals surface area contributed by atoms with E-state index < -0.39 is 50.3 Å². The fourth-order valence-corrected chi connectivity index (χ4v) is 6.46. The third-order valence-corrected chi connectivity index (χ3v) is 8.55. The van der Waals surface area contributed by atoms with E-state index >= 15 is 0 Å². The number of carboxylic acid groups (broad SMARTS) is 1. The molecule has 186 valence electrons. The summed E-state index contributed by atoms with van der Waals surface area (Å²) in [4.78, 5) is 37.9. The van der Waals surface area contributed by atoms with Gasteiger partial charge in [0.25, 0.3) is 0 Å². The molecule has 13 heteroatoms. The number of carbonyl (C=O) groups excluding carboxylic acids is 2. The molecule has 0 aliphatic heterocycles. The molecule has 10 nitrogen and oxygen atoms in total. The Labute approximate surface area is 213 Å². The van der Waals surface area contributed by atoms with Gasteiger partial charge in [0.2, 0.25) is 0 Å². The molecule has 2 unspecified atom stereocenters. The number of halogens is 1. The average Bonchev–Trinajstić information content (AvgIpc) is 3.13. The maximum absolute atomic E-state index is 13.0. The number of hydrogen-bond donors (Lipinski definition) is 2. The van der Waals surface area contributed by atoms with Gasteiger partial charge in [-0.3, -0.25) is 0 Å². The molecule has 0 radical (unpaired) electrons. The van der Waals surface area contributed by atoms with Crippen LogP contribution in [0.2, 0.25) is 5.02 Å². The molecular formula is C22H23AsClN3O7S. The van der Waals surface area contributed by atoms with Crippen molar-refractivity contribution in [1.82, 2.24) is 14.3 Å². The SMILES string of the molecule is CC(=O)[AsH]c1ccc(S(=O)(=O)NC(C=O)CC(=O)O)c(O[C@H](C)Cn2cnc3ccc(Cl)cc32)c1. The van der Waals surface area contributed by atoms with Gasteiger partial charge in [-0.2, -0.15) is 0 Å². The Morgan fingerprint density at radius 3 is 2.69 bits per heavy atom. The Kier molecular flexibility index (Phi) is 8.71. The molecule has 35 heavy (non-hydrogen) atoms. The van der Waals surface area contributed by atoms with Gasteiger partial charge in [-0.25, -0.2) is 0 Å². The number of aliphatic carboxylic acids is 1. The van der Waals surface area contributed by atoms with Crippen molar-refractivity contribution in [2.24, 2.45) is 0 Å². The number of benzene rings is 2. The van der Waals surface area contributed by atoms with Crippen molar-refractivity contribution in [2.45, 2.75) is 43.9 Å². The van der Waals surface area contributed by atoms with Crippen molar-refractivity contribution in [2.75, 3.05) is 0 Å². The number of aromatic nitrogens is 2. The van der Waals surface area contributed by atoms with Crippen molar-refractivity contribution in [3.05, 3.63) is 47.7 Å². The fourth-order valence-electron chi connectivity index (χ4n) is 3.38. The van der Waals surface area contributed by atoms with Crippen LogP contribution >= 0.6 is 11.6 Å². The summed E-state index contributed by atoms with van der Waals surface area (Å²) < 4.78 is 36.6. The van der Waals surface area contributed by atoms with E-state index in [0.29, 0.717) is 15.9 Å². The minimum absolute atomic E-state index is 0.00183. The van der Waals surface area contributed by atoms with Crippen molar-refractivity contribution in [3.63, 3.8) is 0 Å². The van der Waals surface area contributed by atoms with Crippen LogP contribution in [0.5, 0.6) is 5.75 Å². The van der Waals surface area contributed by atoms with E-state index in [1.54, 1.807) is 31.5 Å². The molecule has 3 rings (SSSR count). The number of hydrogen-bond acceptors (Lipinski definition) is 7. The molecule has 0 saturated heterocycles. The number of sulfonamides is 1. The number of fused-ring (bicyclic) bond motifs is 1. The van der Waals surface area contributed by atoms with Gasteiger partial charge in [0, 0.05) is 0 Å². The molecule has 0 aliphatic carbocycles. The zero-order valence-corrected chi connectivity index (χ0v) is 22.4. The molecule has 1 heterocycles. The summed E-state index contributed by atoms with van der Waals surface area (Å²) in [5.74, 6) is -1.33. The Morgan fingerprint density at radius 1 is 1.29 bits per heavy atom. The van der Waals surface area contributed by atoms with E-state index in [0.717, 1.165) is 11.0 Å². The van der Waals surface area contributed by atoms with Gasteiger partial charge >= 0.3 is 214 Å². The van der Waals surface area contributed by atoms with Crippen molar-refractivity contribution in [1.29, 1.82) is 0 Å². The second kappa shape index (κ2) is 11.3. The van der Waals surface area contributed by atoms with Crippen LogP contribution in [0.25, 0.3) is 11.0 Å². The molecule has 0 fully saturated rings. The van der Waals surface area contributed by atoms with Gasteiger partial charge in [0.1, 0.15) is 0 Å². The first-order valence-electron chi connectivity index (χ1n) is 10.4. The molecule has 2 aromatic carbocycles. The Morgan fingerprint density at radius 2 is 2.03 bits per heavy atom. The summed E-state index contributed by atoms with van der Waals surface area (Å²) in [7, 11) is -4.32. The number of rotatable bonds is 12. The number of carboxylic acids is 1. The monoisotopic (exact) mass is 583 g/mol. The van der Waals surface area contributed by atoms with E-state index in [1.807, 2.05) is 4.57 Å². The predicted molar refractivity (Wildman–Crippen MR) is 131 cm³/mol. The van der Waals surface area contributed by atoms with Crippen molar-refractivity contribution in [3.8, 4) is 5.75 Å². The molecule has 3 aromatic rings. The van der Waals surface area contributed by atoms with Crippen LogP contribution in [0.4, 0.5) is 0 Å². The molecular weight excluding hydrogens is 561 g/mol. The van der Waals surface area contributed by atoms with E-state index in [1.165, 1.54) is 25.1 Å². The van der Waals surface area contributed by atoms with Crippen LogP contribution < -0.4 is 13.8 Å². The van der Waals surface area contributed by atoms with Crippen LogP contribution in [0.3, 0.4) is 0 Å². The molecule has 1 aromatic heterocycles. The summed E-state index contributed by atoms with van der Waals surface area (Å²) in [5, 5.41) is 9.47. The summed E-state index contributed by atoms with van der Waals surface area (Å²) in [6, 6.07) is 8.14. The summed E-state index contributed by atoms with van der Waals surface area (Å²) in [5.41, 5.74) is 1.52. The Hall–Kier alpha value is -2.72. The molecule has 2 N–H and O–H groups in total. The Balaban J connectivity index is 1.91. The summed E-state index contributed by atoms with van der Waals surface area (Å²) in [6.07, 6.45) is 0.605. The van der Waals surface area contributed by atoms with Gasteiger partial charge < -0.3 is 0 Å². The molecule has 3 atom stereocenters.